The molecule has 0 unspecified atom stereocenters. The number of nitrogens with one attached hydrogen (secondary N) is 1. The normalized spacial score (nSPS) is 16.6. The molecule has 0 atom stereocenters. The fraction of sp³-hybridized carbons (Fsp3) is 0.625. The average molecular weight is 264 g/mol. The maximum Gasteiger partial charge on any atom is 0.118 e. The van der Waals surface area contributed by atoms with Crippen molar-refractivity contribution in [3.8, 4) is 5.75 Å². The van der Waals surface area contributed by atoms with Crippen molar-refractivity contribution in [3.05, 3.63) is 29.8 Å². The first kappa shape index (κ1) is 16.0. The van der Waals surface area contributed by atoms with E-state index in [2.05, 4.69) is 29.4 Å². The van der Waals surface area contributed by atoms with E-state index in [1.54, 1.807) is 7.11 Å². The summed E-state index contributed by atoms with van der Waals surface area (Å²) in [5.74, 6) is 0.933. The number of benzene rings is 1. The van der Waals surface area contributed by atoms with E-state index in [1.807, 2.05) is 26.0 Å². The molecule has 0 spiro atoms. The summed E-state index contributed by atoms with van der Waals surface area (Å²) in [6.07, 6.45) is 2.51. The smallest absolute Gasteiger partial charge is 0.118 e. The van der Waals surface area contributed by atoms with Gasteiger partial charge in [-0.15, -0.1) is 0 Å². The standard InChI is InChI=1S/C14H22N2O.C2H6/c1-15-13-7-9-16(10-8-13)11-12-3-5-14(17-2)6-4-12;1-2/h3-6,13,15H,7-11H2,1-2H3;1-2H3. The van der Waals surface area contributed by atoms with Crippen LogP contribution in [0.3, 0.4) is 0 Å². The van der Waals surface area contributed by atoms with Gasteiger partial charge in [0.15, 0.2) is 0 Å². The molecule has 1 aliphatic rings. The van der Waals surface area contributed by atoms with Gasteiger partial charge in [-0.25, -0.2) is 0 Å². The quantitative estimate of drug-likeness (QED) is 0.905. The number of methoxy groups -OCH3 is 1. The monoisotopic (exact) mass is 264 g/mol. The van der Waals surface area contributed by atoms with E-state index in [0.717, 1.165) is 12.3 Å². The summed E-state index contributed by atoms with van der Waals surface area (Å²) in [4.78, 5) is 2.52. The van der Waals surface area contributed by atoms with Crippen LogP contribution in [0.4, 0.5) is 0 Å². The van der Waals surface area contributed by atoms with Crippen molar-refractivity contribution in [2.45, 2.75) is 39.3 Å². The van der Waals surface area contributed by atoms with Crippen LogP contribution in [0, 0.1) is 0 Å². The van der Waals surface area contributed by atoms with E-state index in [0.29, 0.717) is 6.04 Å². The van der Waals surface area contributed by atoms with Crippen molar-refractivity contribution in [1.29, 1.82) is 0 Å². The molecule has 0 radical (unpaired) electrons. The van der Waals surface area contributed by atoms with Crippen molar-refractivity contribution in [2.24, 2.45) is 0 Å². The Morgan fingerprint density at radius 1 is 1.16 bits per heavy atom. The van der Waals surface area contributed by atoms with Gasteiger partial charge in [-0.05, 0) is 50.7 Å². The van der Waals surface area contributed by atoms with Gasteiger partial charge < -0.3 is 10.1 Å². The largest absolute Gasteiger partial charge is 0.497 e. The summed E-state index contributed by atoms with van der Waals surface area (Å²) in [6, 6.07) is 9.10. The third-order valence-corrected chi connectivity index (χ3v) is 3.56. The molecule has 2 rings (SSSR count). The highest BCUT2D eigenvalue weighted by atomic mass is 16.5. The first-order valence-electron chi connectivity index (χ1n) is 7.34. The van der Waals surface area contributed by atoms with Gasteiger partial charge in [0.2, 0.25) is 0 Å². The molecule has 1 aromatic carbocycles. The lowest BCUT2D eigenvalue weighted by atomic mass is 10.0. The van der Waals surface area contributed by atoms with Crippen molar-refractivity contribution >= 4 is 0 Å². The molecule has 3 heteroatoms. The van der Waals surface area contributed by atoms with Crippen molar-refractivity contribution < 1.29 is 4.74 Å². The molecule has 1 aromatic rings. The number of piperidine rings is 1. The van der Waals surface area contributed by atoms with Gasteiger partial charge in [0, 0.05) is 12.6 Å². The lowest BCUT2D eigenvalue weighted by Gasteiger charge is -2.31. The molecule has 108 valence electrons. The topological polar surface area (TPSA) is 24.5 Å². The molecule has 0 bridgehead atoms. The summed E-state index contributed by atoms with van der Waals surface area (Å²) < 4.78 is 5.17. The number of hydrogen-bond acceptors (Lipinski definition) is 3. The Hall–Kier alpha value is -1.06. The zero-order chi connectivity index (χ0) is 14.1. The van der Waals surface area contributed by atoms with Crippen LogP contribution in [0.5, 0.6) is 5.75 Å². The Bertz CT molecular complexity index is 329. The van der Waals surface area contributed by atoms with E-state index in [-0.39, 0.29) is 0 Å². The zero-order valence-corrected chi connectivity index (χ0v) is 12.8. The molecule has 0 saturated carbocycles. The van der Waals surface area contributed by atoms with E-state index in [4.69, 9.17) is 4.74 Å². The Kier molecular flexibility index (Phi) is 7.53. The Labute approximate surface area is 118 Å². The summed E-state index contributed by atoms with van der Waals surface area (Å²) in [5, 5.41) is 3.36. The summed E-state index contributed by atoms with van der Waals surface area (Å²) in [7, 11) is 3.77. The number of ether oxygens (including phenoxy) is 1. The minimum atomic E-state index is 0.710. The highest BCUT2D eigenvalue weighted by Gasteiger charge is 2.17. The highest BCUT2D eigenvalue weighted by Crippen LogP contribution is 2.16. The van der Waals surface area contributed by atoms with E-state index in [1.165, 1.54) is 31.5 Å². The molecule has 1 saturated heterocycles. The van der Waals surface area contributed by atoms with Crippen LogP contribution in [0.15, 0.2) is 24.3 Å². The summed E-state index contributed by atoms with van der Waals surface area (Å²) >= 11 is 0. The van der Waals surface area contributed by atoms with Gasteiger partial charge in [0.25, 0.3) is 0 Å². The first-order chi connectivity index (χ1) is 9.31. The lowest BCUT2D eigenvalue weighted by molar-refractivity contribution is 0.194. The first-order valence-corrected chi connectivity index (χ1v) is 7.34. The van der Waals surface area contributed by atoms with Crippen LogP contribution in [-0.4, -0.2) is 38.2 Å². The van der Waals surface area contributed by atoms with Gasteiger partial charge in [0.05, 0.1) is 7.11 Å². The molecule has 0 aromatic heterocycles. The van der Waals surface area contributed by atoms with Crippen molar-refractivity contribution in [3.63, 3.8) is 0 Å². The van der Waals surface area contributed by atoms with Crippen molar-refractivity contribution in [1.82, 2.24) is 10.2 Å². The Morgan fingerprint density at radius 3 is 2.21 bits per heavy atom. The molecule has 1 aliphatic heterocycles. The molecule has 0 amide bonds. The molecule has 19 heavy (non-hydrogen) atoms. The van der Waals surface area contributed by atoms with Crippen LogP contribution < -0.4 is 10.1 Å². The lowest BCUT2D eigenvalue weighted by Crippen LogP contribution is -2.40. The molecule has 0 aliphatic carbocycles. The molecule has 1 N–H and O–H groups in total. The molecule has 1 fully saturated rings. The van der Waals surface area contributed by atoms with E-state index >= 15 is 0 Å². The highest BCUT2D eigenvalue weighted by molar-refractivity contribution is 5.27. The number of likely N-dealkylation sites (tertiary alicyclic amines) is 1. The molecular weight excluding hydrogens is 236 g/mol. The van der Waals surface area contributed by atoms with E-state index in [9.17, 15) is 0 Å². The van der Waals surface area contributed by atoms with Crippen LogP contribution in [-0.2, 0) is 6.54 Å². The Morgan fingerprint density at radius 2 is 1.74 bits per heavy atom. The summed E-state index contributed by atoms with van der Waals surface area (Å²) in [5.41, 5.74) is 1.37. The maximum absolute atomic E-state index is 5.17. The fourth-order valence-corrected chi connectivity index (χ4v) is 2.37. The van der Waals surface area contributed by atoms with Gasteiger partial charge in [-0.3, -0.25) is 4.90 Å². The maximum atomic E-state index is 5.17. The van der Waals surface area contributed by atoms with Crippen LogP contribution in [0.1, 0.15) is 32.3 Å². The predicted octanol–water partition coefficient (Wildman–Crippen LogP) is 2.91. The van der Waals surface area contributed by atoms with E-state index < -0.39 is 0 Å². The van der Waals surface area contributed by atoms with Gasteiger partial charge >= 0.3 is 0 Å². The predicted molar refractivity (Wildman–Crippen MR) is 81.7 cm³/mol. The van der Waals surface area contributed by atoms with Gasteiger partial charge in [0.1, 0.15) is 5.75 Å². The number of hydrogen-bond donors (Lipinski definition) is 1. The minimum Gasteiger partial charge on any atom is -0.497 e. The second-order valence-corrected chi connectivity index (χ2v) is 4.69. The second-order valence-electron chi connectivity index (χ2n) is 4.69. The van der Waals surface area contributed by atoms with Gasteiger partial charge in [-0.2, -0.15) is 0 Å². The zero-order valence-electron chi connectivity index (χ0n) is 12.8. The Balaban J connectivity index is 0.000000861. The molecular formula is C16H28N2O. The van der Waals surface area contributed by atoms with Crippen molar-refractivity contribution in [2.75, 3.05) is 27.2 Å². The third-order valence-electron chi connectivity index (χ3n) is 3.56. The van der Waals surface area contributed by atoms with Crippen LogP contribution in [0.2, 0.25) is 0 Å². The van der Waals surface area contributed by atoms with Gasteiger partial charge in [-0.1, -0.05) is 26.0 Å². The summed E-state index contributed by atoms with van der Waals surface area (Å²) in [6.45, 7) is 7.44. The molecule has 1 heterocycles. The van der Waals surface area contributed by atoms with Crippen LogP contribution >= 0.6 is 0 Å². The average Bonchev–Trinajstić information content (AvgIpc) is 2.51. The number of rotatable bonds is 4. The SMILES string of the molecule is CC.CNC1CCN(Cc2ccc(OC)cc2)CC1. The third kappa shape index (κ3) is 5.21. The van der Waals surface area contributed by atoms with Crippen LogP contribution in [0.25, 0.3) is 0 Å². The minimum absolute atomic E-state index is 0.710. The fourth-order valence-electron chi connectivity index (χ4n) is 2.37. The number of nitrogens with zero attached hydrogens (tertiary/aromatic N) is 1. The second kappa shape index (κ2) is 8.94. The molecule has 3 nitrogen and oxygen atoms in total.